The number of likely N-dealkylation sites (N-methyl/N-ethyl adjacent to an activating group) is 1. The lowest BCUT2D eigenvalue weighted by Crippen LogP contribution is -2.39. The number of hydrogen-bond donors (Lipinski definition) is 2. The molecule has 2 aromatic rings. The highest BCUT2D eigenvalue weighted by molar-refractivity contribution is 5.89. The highest BCUT2D eigenvalue weighted by Gasteiger charge is 2.18. The summed E-state index contributed by atoms with van der Waals surface area (Å²) in [6.07, 6.45) is 0. The molecule has 2 rings (SSSR count). The van der Waals surface area contributed by atoms with Crippen molar-refractivity contribution in [1.29, 1.82) is 0 Å². The maximum absolute atomic E-state index is 12.2. The molecule has 2 aromatic carbocycles. The molecule has 1 atom stereocenters. The minimum Gasteiger partial charge on any atom is -0.336 e. The van der Waals surface area contributed by atoms with Crippen molar-refractivity contribution in [3.63, 3.8) is 0 Å². The molecular formula is C20H27N3O. The molecule has 2 N–H and O–H groups in total. The van der Waals surface area contributed by atoms with Crippen LogP contribution in [0.3, 0.4) is 0 Å². The molecule has 24 heavy (non-hydrogen) atoms. The fraction of sp³-hybridized carbons (Fsp3) is 0.350. The molecule has 0 heterocycles. The standard InChI is InChI=1S/C20H27N3O/c1-4-23(5-2)19(17-9-7-6-8-10-17)15-21-20(24)22-18-13-11-16(3)12-14-18/h6-14,19H,4-5,15H2,1-3H3,(H2,21,22,24). The molecule has 0 aliphatic carbocycles. The number of amides is 2. The predicted octanol–water partition coefficient (Wildman–Crippen LogP) is 4.20. The molecule has 2 amide bonds. The molecular weight excluding hydrogens is 298 g/mol. The van der Waals surface area contributed by atoms with Crippen LogP contribution in [0.2, 0.25) is 0 Å². The third kappa shape index (κ3) is 5.10. The summed E-state index contributed by atoms with van der Waals surface area (Å²) < 4.78 is 0. The van der Waals surface area contributed by atoms with Gasteiger partial charge in [-0.05, 0) is 37.7 Å². The number of hydrogen-bond acceptors (Lipinski definition) is 2. The van der Waals surface area contributed by atoms with Crippen LogP contribution in [0.1, 0.15) is 31.0 Å². The van der Waals surface area contributed by atoms with E-state index in [1.165, 1.54) is 11.1 Å². The number of carbonyl (C=O) groups is 1. The van der Waals surface area contributed by atoms with Gasteiger partial charge in [0.15, 0.2) is 0 Å². The smallest absolute Gasteiger partial charge is 0.319 e. The zero-order valence-corrected chi connectivity index (χ0v) is 14.8. The second kappa shape index (κ2) is 9.08. The maximum atomic E-state index is 12.2. The lowest BCUT2D eigenvalue weighted by atomic mass is 10.1. The van der Waals surface area contributed by atoms with Crippen molar-refractivity contribution in [1.82, 2.24) is 10.2 Å². The molecule has 128 valence electrons. The highest BCUT2D eigenvalue weighted by atomic mass is 16.2. The topological polar surface area (TPSA) is 44.4 Å². The first-order valence-corrected chi connectivity index (χ1v) is 8.54. The largest absolute Gasteiger partial charge is 0.336 e. The minimum absolute atomic E-state index is 0.171. The number of nitrogens with one attached hydrogen (secondary N) is 2. The van der Waals surface area contributed by atoms with E-state index in [1.54, 1.807) is 0 Å². The Morgan fingerprint density at radius 2 is 1.62 bits per heavy atom. The Morgan fingerprint density at radius 1 is 1.00 bits per heavy atom. The molecule has 0 aromatic heterocycles. The first-order chi connectivity index (χ1) is 11.6. The van der Waals surface area contributed by atoms with Gasteiger partial charge in [0.25, 0.3) is 0 Å². The average Bonchev–Trinajstić information content (AvgIpc) is 2.61. The predicted molar refractivity (Wildman–Crippen MR) is 100 cm³/mol. The van der Waals surface area contributed by atoms with Crippen molar-refractivity contribution in [2.24, 2.45) is 0 Å². The van der Waals surface area contributed by atoms with Gasteiger partial charge in [-0.15, -0.1) is 0 Å². The summed E-state index contributed by atoms with van der Waals surface area (Å²) in [6.45, 7) is 8.77. The van der Waals surface area contributed by atoms with Crippen molar-refractivity contribution in [3.8, 4) is 0 Å². The van der Waals surface area contributed by atoms with Crippen LogP contribution in [0.15, 0.2) is 54.6 Å². The summed E-state index contributed by atoms with van der Waals surface area (Å²) in [5.41, 5.74) is 3.20. The van der Waals surface area contributed by atoms with E-state index in [4.69, 9.17) is 0 Å². The number of benzene rings is 2. The van der Waals surface area contributed by atoms with E-state index < -0.39 is 0 Å². The Labute approximate surface area is 144 Å². The fourth-order valence-electron chi connectivity index (χ4n) is 2.80. The van der Waals surface area contributed by atoms with E-state index >= 15 is 0 Å². The molecule has 4 heteroatoms. The summed E-state index contributed by atoms with van der Waals surface area (Å²) >= 11 is 0. The lowest BCUT2D eigenvalue weighted by Gasteiger charge is -2.30. The Hall–Kier alpha value is -2.33. The number of urea groups is 1. The van der Waals surface area contributed by atoms with Crippen LogP contribution in [-0.4, -0.2) is 30.6 Å². The van der Waals surface area contributed by atoms with Gasteiger partial charge in [-0.3, -0.25) is 4.90 Å². The van der Waals surface area contributed by atoms with E-state index in [2.05, 4.69) is 41.5 Å². The van der Waals surface area contributed by atoms with E-state index in [9.17, 15) is 4.79 Å². The molecule has 0 radical (unpaired) electrons. The van der Waals surface area contributed by atoms with Crippen LogP contribution in [0.5, 0.6) is 0 Å². The van der Waals surface area contributed by atoms with Crippen molar-refractivity contribution in [3.05, 3.63) is 65.7 Å². The summed E-state index contributed by atoms with van der Waals surface area (Å²) in [4.78, 5) is 14.5. The lowest BCUT2D eigenvalue weighted by molar-refractivity contribution is 0.210. The number of nitrogens with zero attached hydrogens (tertiary/aromatic N) is 1. The van der Waals surface area contributed by atoms with Gasteiger partial charge in [-0.1, -0.05) is 61.9 Å². The summed E-state index contributed by atoms with van der Waals surface area (Å²) in [6, 6.07) is 18.1. The van der Waals surface area contributed by atoms with E-state index in [-0.39, 0.29) is 12.1 Å². The number of anilines is 1. The van der Waals surface area contributed by atoms with Crippen LogP contribution < -0.4 is 10.6 Å². The van der Waals surface area contributed by atoms with Gasteiger partial charge in [-0.25, -0.2) is 4.79 Å². The second-order valence-electron chi connectivity index (χ2n) is 5.85. The fourth-order valence-corrected chi connectivity index (χ4v) is 2.80. The molecule has 0 fully saturated rings. The van der Waals surface area contributed by atoms with Gasteiger partial charge >= 0.3 is 6.03 Å². The monoisotopic (exact) mass is 325 g/mol. The molecule has 0 spiro atoms. The molecule has 0 aliphatic rings. The van der Waals surface area contributed by atoms with Gasteiger partial charge in [0.1, 0.15) is 0 Å². The SMILES string of the molecule is CCN(CC)C(CNC(=O)Nc1ccc(C)cc1)c1ccccc1. The molecule has 1 unspecified atom stereocenters. The zero-order valence-electron chi connectivity index (χ0n) is 14.8. The van der Waals surface area contributed by atoms with Crippen LogP contribution in [-0.2, 0) is 0 Å². The molecule has 4 nitrogen and oxygen atoms in total. The van der Waals surface area contributed by atoms with Crippen molar-refractivity contribution in [2.75, 3.05) is 25.0 Å². The van der Waals surface area contributed by atoms with Gasteiger partial charge < -0.3 is 10.6 Å². The number of carbonyl (C=O) groups excluding carboxylic acids is 1. The Kier molecular flexibility index (Phi) is 6.82. The minimum atomic E-state index is -0.174. The highest BCUT2D eigenvalue weighted by Crippen LogP contribution is 2.19. The normalized spacial score (nSPS) is 12.0. The number of aryl methyl sites for hydroxylation is 1. The van der Waals surface area contributed by atoms with Crippen LogP contribution >= 0.6 is 0 Å². The van der Waals surface area contributed by atoms with Crippen molar-refractivity contribution >= 4 is 11.7 Å². The summed E-state index contributed by atoms with van der Waals surface area (Å²) in [7, 11) is 0. The quantitative estimate of drug-likeness (QED) is 0.801. The van der Waals surface area contributed by atoms with E-state index in [0.717, 1.165) is 18.8 Å². The van der Waals surface area contributed by atoms with Crippen LogP contribution in [0, 0.1) is 6.92 Å². The van der Waals surface area contributed by atoms with Gasteiger partial charge in [-0.2, -0.15) is 0 Å². The molecule has 0 saturated heterocycles. The Morgan fingerprint density at radius 3 is 2.21 bits per heavy atom. The third-order valence-corrected chi connectivity index (χ3v) is 4.20. The zero-order chi connectivity index (χ0) is 17.4. The Balaban J connectivity index is 1.99. The van der Waals surface area contributed by atoms with Gasteiger partial charge in [0.05, 0.1) is 6.04 Å². The number of rotatable bonds is 7. The third-order valence-electron chi connectivity index (χ3n) is 4.20. The van der Waals surface area contributed by atoms with E-state index in [0.29, 0.717) is 6.54 Å². The summed E-state index contributed by atoms with van der Waals surface area (Å²) in [5, 5.41) is 5.88. The first kappa shape index (κ1) is 18.0. The molecule has 0 bridgehead atoms. The average molecular weight is 325 g/mol. The molecule has 0 saturated carbocycles. The maximum Gasteiger partial charge on any atom is 0.319 e. The summed E-state index contributed by atoms with van der Waals surface area (Å²) in [5.74, 6) is 0. The second-order valence-corrected chi connectivity index (χ2v) is 5.85. The molecule has 0 aliphatic heterocycles. The van der Waals surface area contributed by atoms with Crippen LogP contribution in [0.4, 0.5) is 10.5 Å². The van der Waals surface area contributed by atoms with Gasteiger partial charge in [0.2, 0.25) is 0 Å². The van der Waals surface area contributed by atoms with E-state index in [1.807, 2.05) is 49.4 Å². The first-order valence-electron chi connectivity index (χ1n) is 8.54. The van der Waals surface area contributed by atoms with Crippen LogP contribution in [0.25, 0.3) is 0 Å². The Bertz CT molecular complexity index is 621. The van der Waals surface area contributed by atoms with Crippen molar-refractivity contribution < 1.29 is 4.79 Å². The van der Waals surface area contributed by atoms with Crippen molar-refractivity contribution in [2.45, 2.75) is 26.8 Å². The van der Waals surface area contributed by atoms with Gasteiger partial charge in [0, 0.05) is 12.2 Å².